The number of nitrogens with one attached hydrogen (secondary N) is 1. The second-order valence-corrected chi connectivity index (χ2v) is 7.88. The summed E-state index contributed by atoms with van der Waals surface area (Å²) in [5.74, 6) is -1.77. The number of carbonyl (C=O) groups is 2. The molecule has 2 aliphatic heterocycles. The summed E-state index contributed by atoms with van der Waals surface area (Å²) in [5.41, 5.74) is -0.00740. The van der Waals surface area contributed by atoms with Gasteiger partial charge in [0.1, 0.15) is 17.3 Å². The maximum absolute atomic E-state index is 14.8. The molecule has 3 heterocycles. The summed E-state index contributed by atoms with van der Waals surface area (Å²) in [6.07, 6.45) is 6.42. The lowest BCUT2D eigenvalue weighted by atomic mass is 10.2. The molecule has 12 heteroatoms. The van der Waals surface area contributed by atoms with Gasteiger partial charge in [-0.1, -0.05) is 6.08 Å². The molecule has 1 unspecified atom stereocenters. The third kappa shape index (κ3) is 4.91. The van der Waals surface area contributed by atoms with Crippen molar-refractivity contribution in [1.82, 2.24) is 14.5 Å². The number of carbonyl (C=O) groups excluding carboxylic acids is 2. The van der Waals surface area contributed by atoms with Crippen molar-refractivity contribution in [2.75, 3.05) is 49.1 Å². The Hall–Kier alpha value is -3.80. The summed E-state index contributed by atoms with van der Waals surface area (Å²) in [5, 5.41) is 16.9. The number of nitrogens with zero attached hydrogens (tertiary/aromatic N) is 5. The first-order valence-electron chi connectivity index (χ1n) is 10.7. The Bertz CT molecular complexity index is 1140. The predicted molar refractivity (Wildman–Crippen MR) is 118 cm³/mol. The minimum absolute atomic E-state index is 0.00552. The van der Waals surface area contributed by atoms with Crippen molar-refractivity contribution in [3.63, 3.8) is 0 Å². The van der Waals surface area contributed by atoms with Crippen LogP contribution in [0.2, 0.25) is 0 Å². The molecule has 2 fully saturated rings. The molecule has 2 amide bonds. The molecule has 1 atom stereocenters. The molecule has 4 rings (SSSR count). The highest BCUT2D eigenvalue weighted by Gasteiger charge is 2.33. The molecule has 2 aliphatic rings. The summed E-state index contributed by atoms with van der Waals surface area (Å²) in [6.45, 7) is 0.726. The maximum atomic E-state index is 14.8. The number of ether oxygens (including phenoxy) is 1. The van der Waals surface area contributed by atoms with Crippen molar-refractivity contribution in [1.29, 1.82) is 5.41 Å². The zero-order chi connectivity index (χ0) is 24.2. The molecule has 10 nitrogen and oxygen atoms in total. The molecular weight excluding hydrogens is 450 g/mol. The molecule has 2 aromatic rings. The van der Waals surface area contributed by atoms with Gasteiger partial charge in [-0.3, -0.25) is 20.1 Å². The monoisotopic (exact) mass is 474 g/mol. The van der Waals surface area contributed by atoms with Gasteiger partial charge in [-0.2, -0.15) is 0 Å². The Morgan fingerprint density at radius 2 is 1.94 bits per heavy atom. The largest absolute Gasteiger partial charge is 0.441 e. The Labute approximate surface area is 193 Å². The van der Waals surface area contributed by atoms with Gasteiger partial charge in [0.05, 0.1) is 25.0 Å². The molecule has 1 aromatic heterocycles. The summed E-state index contributed by atoms with van der Waals surface area (Å²) < 4.78 is 36.1. The fraction of sp³-hybridized carbons (Fsp3) is 0.364. The van der Waals surface area contributed by atoms with Crippen molar-refractivity contribution >= 4 is 29.6 Å². The third-order valence-electron chi connectivity index (χ3n) is 5.69. The topological polar surface area (TPSA) is 115 Å². The molecule has 34 heavy (non-hydrogen) atoms. The van der Waals surface area contributed by atoms with E-state index in [1.807, 2.05) is 0 Å². The highest BCUT2D eigenvalue weighted by Crippen LogP contribution is 2.31. The molecular formula is C22H24F2N6O4. The first-order valence-corrected chi connectivity index (χ1v) is 10.7. The number of anilines is 2. The molecule has 0 aliphatic carbocycles. The summed E-state index contributed by atoms with van der Waals surface area (Å²) in [7, 11) is 0. The van der Waals surface area contributed by atoms with E-state index in [-0.39, 0.29) is 55.4 Å². The van der Waals surface area contributed by atoms with E-state index in [9.17, 15) is 18.4 Å². The van der Waals surface area contributed by atoms with Crippen LogP contribution >= 0.6 is 0 Å². The highest BCUT2D eigenvalue weighted by atomic mass is 19.1. The van der Waals surface area contributed by atoms with Crippen molar-refractivity contribution in [2.45, 2.75) is 12.5 Å². The fourth-order valence-electron chi connectivity index (χ4n) is 3.91. The van der Waals surface area contributed by atoms with E-state index in [1.165, 1.54) is 21.9 Å². The van der Waals surface area contributed by atoms with Gasteiger partial charge in [-0.15, -0.1) is 0 Å². The molecule has 0 radical (unpaired) electrons. The summed E-state index contributed by atoms with van der Waals surface area (Å²) in [6, 6.07) is 2.14. The van der Waals surface area contributed by atoms with Crippen LogP contribution in [0, 0.1) is 17.0 Å². The van der Waals surface area contributed by atoms with Crippen LogP contribution in [0.4, 0.5) is 25.0 Å². The standard InChI is InChI=1S/C22H24F2N6O4/c23-17-10-15(30-13-16(14-31)34-22(30)33)11-18(24)21(17)29-8-6-28(7-9-29)20(32)2-1-4-27-5-3-26-12-19(27)25/h1,3-5,10-12,16,25,31H,2,6-9,13-14H2/b4-1+,25-19?. The molecule has 2 saturated heterocycles. The fourth-order valence-corrected chi connectivity index (χ4v) is 3.91. The van der Waals surface area contributed by atoms with Crippen LogP contribution in [0.25, 0.3) is 6.20 Å². The zero-order valence-electron chi connectivity index (χ0n) is 18.2. The number of hydrogen-bond donors (Lipinski definition) is 2. The van der Waals surface area contributed by atoms with Crippen molar-refractivity contribution < 1.29 is 28.2 Å². The van der Waals surface area contributed by atoms with Crippen molar-refractivity contribution in [2.24, 2.45) is 0 Å². The first kappa shape index (κ1) is 23.4. The van der Waals surface area contributed by atoms with Crippen molar-refractivity contribution in [3.05, 3.63) is 53.9 Å². The number of aliphatic hydroxyl groups excluding tert-OH is 1. The smallest absolute Gasteiger partial charge is 0.414 e. The van der Waals surface area contributed by atoms with Gasteiger partial charge in [0.2, 0.25) is 5.91 Å². The first-order chi connectivity index (χ1) is 16.4. The van der Waals surface area contributed by atoms with E-state index < -0.39 is 23.8 Å². The van der Waals surface area contributed by atoms with E-state index >= 15 is 0 Å². The molecule has 0 saturated carbocycles. The second-order valence-electron chi connectivity index (χ2n) is 7.88. The number of aliphatic hydroxyl groups is 1. The molecule has 0 bridgehead atoms. The lowest BCUT2D eigenvalue weighted by Gasteiger charge is -2.36. The molecule has 0 spiro atoms. The average molecular weight is 474 g/mol. The number of cyclic esters (lactones) is 1. The maximum Gasteiger partial charge on any atom is 0.414 e. The van der Waals surface area contributed by atoms with Gasteiger partial charge in [0.25, 0.3) is 0 Å². The number of halogens is 2. The Morgan fingerprint density at radius 1 is 1.24 bits per heavy atom. The van der Waals surface area contributed by atoms with Gasteiger partial charge >= 0.3 is 6.09 Å². The van der Waals surface area contributed by atoms with E-state index in [1.54, 1.807) is 23.4 Å². The van der Waals surface area contributed by atoms with Crippen LogP contribution in [0.5, 0.6) is 0 Å². The summed E-state index contributed by atoms with van der Waals surface area (Å²) >= 11 is 0. The van der Waals surface area contributed by atoms with E-state index in [0.717, 1.165) is 17.0 Å². The van der Waals surface area contributed by atoms with Crippen LogP contribution in [0.3, 0.4) is 0 Å². The van der Waals surface area contributed by atoms with Gasteiger partial charge in [0.15, 0.2) is 11.6 Å². The zero-order valence-corrected chi connectivity index (χ0v) is 18.2. The van der Waals surface area contributed by atoms with Crippen LogP contribution in [-0.2, 0) is 9.53 Å². The predicted octanol–water partition coefficient (Wildman–Crippen LogP) is 1.17. The normalized spacial score (nSPS) is 18.6. The summed E-state index contributed by atoms with van der Waals surface area (Å²) in [4.78, 5) is 32.5. The molecule has 1 aromatic carbocycles. The second kappa shape index (κ2) is 10.00. The van der Waals surface area contributed by atoms with E-state index in [2.05, 4.69) is 4.98 Å². The van der Waals surface area contributed by atoms with Gasteiger partial charge < -0.3 is 24.2 Å². The van der Waals surface area contributed by atoms with Crippen LogP contribution in [0.15, 0.2) is 36.8 Å². The minimum atomic E-state index is -0.821. The van der Waals surface area contributed by atoms with Crippen LogP contribution < -0.4 is 15.3 Å². The SMILES string of the molecule is N=c1cnccn1/C=C/CC(=O)N1CCN(c2c(F)cc(N3CC(CO)OC3=O)cc2F)CC1. The highest BCUT2D eigenvalue weighted by molar-refractivity contribution is 5.90. The Kier molecular flexibility index (Phi) is 6.87. The quantitative estimate of drug-likeness (QED) is 0.650. The molecule has 2 N–H and O–H groups in total. The van der Waals surface area contributed by atoms with Gasteiger partial charge in [0, 0.05) is 63.3 Å². The van der Waals surface area contributed by atoms with Crippen molar-refractivity contribution in [3.8, 4) is 0 Å². The van der Waals surface area contributed by atoms with E-state index in [4.69, 9.17) is 15.3 Å². The van der Waals surface area contributed by atoms with Crippen LogP contribution in [-0.4, -0.2) is 77.0 Å². The number of amides is 2. The van der Waals surface area contributed by atoms with E-state index in [0.29, 0.717) is 13.1 Å². The Morgan fingerprint density at radius 3 is 2.56 bits per heavy atom. The number of hydrogen-bond acceptors (Lipinski definition) is 7. The van der Waals surface area contributed by atoms with Gasteiger partial charge in [-0.25, -0.2) is 13.6 Å². The van der Waals surface area contributed by atoms with Crippen LogP contribution in [0.1, 0.15) is 6.42 Å². The average Bonchev–Trinajstić information content (AvgIpc) is 3.21. The lowest BCUT2D eigenvalue weighted by Crippen LogP contribution is -2.49. The number of rotatable bonds is 6. The number of benzene rings is 1. The Balaban J connectivity index is 1.36. The lowest BCUT2D eigenvalue weighted by molar-refractivity contribution is -0.130. The third-order valence-corrected chi connectivity index (χ3v) is 5.69. The molecule has 180 valence electrons. The number of piperazine rings is 1. The minimum Gasteiger partial charge on any atom is -0.441 e. The van der Waals surface area contributed by atoms with Gasteiger partial charge in [-0.05, 0) is 0 Å². The number of aromatic nitrogens is 2.